The number of ether oxygens (including phenoxy) is 1. The van der Waals surface area contributed by atoms with Crippen molar-refractivity contribution in [1.29, 1.82) is 0 Å². The van der Waals surface area contributed by atoms with Gasteiger partial charge < -0.3 is 14.5 Å². The Labute approximate surface area is 142 Å². The van der Waals surface area contributed by atoms with Crippen molar-refractivity contribution in [2.75, 3.05) is 13.7 Å². The van der Waals surface area contributed by atoms with Gasteiger partial charge in [-0.3, -0.25) is 4.79 Å². The smallest absolute Gasteiger partial charge is 0.220 e. The summed E-state index contributed by atoms with van der Waals surface area (Å²) in [6.45, 7) is 2.54. The van der Waals surface area contributed by atoms with Gasteiger partial charge in [0.15, 0.2) is 0 Å². The molecule has 6 heteroatoms. The van der Waals surface area contributed by atoms with Crippen LogP contribution in [0, 0.1) is 0 Å². The SMILES string of the molecule is CC[C@H](COC)NC(=O)CCc1nnc(CCc2ccccc2)o1. The average molecular weight is 331 g/mol. The van der Waals surface area contributed by atoms with E-state index in [-0.39, 0.29) is 11.9 Å². The summed E-state index contributed by atoms with van der Waals surface area (Å²) >= 11 is 0. The molecule has 0 saturated heterocycles. The molecular formula is C18H25N3O3. The predicted molar refractivity (Wildman–Crippen MR) is 90.6 cm³/mol. The number of carbonyl (C=O) groups excluding carboxylic acids is 1. The number of aromatic nitrogens is 2. The molecule has 1 aromatic carbocycles. The normalized spacial score (nSPS) is 12.1. The second-order valence-electron chi connectivity index (χ2n) is 5.70. The Kier molecular flexibility index (Phi) is 7.42. The van der Waals surface area contributed by atoms with Crippen molar-refractivity contribution in [3.8, 4) is 0 Å². The molecule has 0 aliphatic heterocycles. The second kappa shape index (κ2) is 9.82. The molecule has 2 rings (SSSR count). The first-order valence-electron chi connectivity index (χ1n) is 8.34. The highest BCUT2D eigenvalue weighted by molar-refractivity contribution is 5.76. The lowest BCUT2D eigenvalue weighted by molar-refractivity contribution is -0.122. The molecule has 0 saturated carbocycles. The molecule has 1 amide bonds. The number of nitrogens with zero attached hydrogens (tertiary/aromatic N) is 2. The summed E-state index contributed by atoms with van der Waals surface area (Å²) in [6, 6.07) is 10.2. The number of aryl methyl sites for hydroxylation is 3. The molecule has 2 aromatic rings. The van der Waals surface area contributed by atoms with Gasteiger partial charge in [0, 0.05) is 26.4 Å². The van der Waals surface area contributed by atoms with Gasteiger partial charge in [-0.2, -0.15) is 0 Å². The number of hydrogen-bond donors (Lipinski definition) is 1. The molecule has 0 fully saturated rings. The van der Waals surface area contributed by atoms with Crippen LogP contribution >= 0.6 is 0 Å². The van der Waals surface area contributed by atoms with Crippen LogP contribution in [0.2, 0.25) is 0 Å². The maximum absolute atomic E-state index is 11.9. The van der Waals surface area contributed by atoms with Crippen LogP contribution in [-0.4, -0.2) is 35.9 Å². The fourth-order valence-electron chi connectivity index (χ4n) is 2.37. The van der Waals surface area contributed by atoms with Crippen LogP contribution in [-0.2, 0) is 28.8 Å². The summed E-state index contributed by atoms with van der Waals surface area (Å²) in [7, 11) is 1.63. The molecule has 0 radical (unpaired) electrons. The highest BCUT2D eigenvalue weighted by Gasteiger charge is 2.12. The summed E-state index contributed by atoms with van der Waals surface area (Å²) in [6.07, 6.45) is 3.19. The maximum Gasteiger partial charge on any atom is 0.220 e. The lowest BCUT2D eigenvalue weighted by Gasteiger charge is -2.15. The lowest BCUT2D eigenvalue weighted by atomic mass is 10.1. The van der Waals surface area contributed by atoms with Crippen LogP contribution in [0.15, 0.2) is 34.7 Å². The summed E-state index contributed by atoms with van der Waals surface area (Å²) < 4.78 is 10.7. The summed E-state index contributed by atoms with van der Waals surface area (Å²) in [5.41, 5.74) is 1.24. The van der Waals surface area contributed by atoms with Crippen molar-refractivity contribution in [1.82, 2.24) is 15.5 Å². The minimum Gasteiger partial charge on any atom is -0.425 e. The summed E-state index contributed by atoms with van der Waals surface area (Å²) in [4.78, 5) is 11.9. The van der Waals surface area contributed by atoms with E-state index in [1.807, 2.05) is 25.1 Å². The second-order valence-corrected chi connectivity index (χ2v) is 5.70. The van der Waals surface area contributed by atoms with Gasteiger partial charge in [-0.05, 0) is 18.4 Å². The van der Waals surface area contributed by atoms with Gasteiger partial charge in [-0.1, -0.05) is 37.3 Å². The molecule has 0 bridgehead atoms. The number of amides is 1. The van der Waals surface area contributed by atoms with Crippen molar-refractivity contribution in [2.45, 2.75) is 45.1 Å². The average Bonchev–Trinajstić information content (AvgIpc) is 3.06. The standard InChI is InChI=1S/C18H25N3O3/c1-3-15(13-23-2)19-16(22)10-12-18-21-20-17(24-18)11-9-14-7-5-4-6-8-14/h4-8,15H,3,9-13H2,1-2H3,(H,19,22)/t15-/m1/s1. The van der Waals surface area contributed by atoms with E-state index in [0.29, 0.717) is 37.7 Å². The van der Waals surface area contributed by atoms with Gasteiger partial charge >= 0.3 is 0 Å². The number of carbonyl (C=O) groups is 1. The Hall–Kier alpha value is -2.21. The van der Waals surface area contributed by atoms with E-state index in [1.165, 1.54) is 5.56 Å². The molecule has 0 unspecified atom stereocenters. The zero-order valence-corrected chi connectivity index (χ0v) is 14.3. The molecule has 0 aliphatic rings. The molecule has 1 N–H and O–H groups in total. The van der Waals surface area contributed by atoms with Crippen molar-refractivity contribution in [3.05, 3.63) is 47.7 Å². The maximum atomic E-state index is 11.9. The highest BCUT2D eigenvalue weighted by atomic mass is 16.5. The molecule has 6 nitrogen and oxygen atoms in total. The lowest BCUT2D eigenvalue weighted by Crippen LogP contribution is -2.37. The van der Waals surface area contributed by atoms with Crippen LogP contribution < -0.4 is 5.32 Å². The van der Waals surface area contributed by atoms with Crippen LogP contribution in [0.4, 0.5) is 0 Å². The van der Waals surface area contributed by atoms with Gasteiger partial charge in [0.1, 0.15) is 0 Å². The van der Waals surface area contributed by atoms with Crippen LogP contribution in [0.3, 0.4) is 0 Å². The van der Waals surface area contributed by atoms with E-state index in [1.54, 1.807) is 7.11 Å². The van der Waals surface area contributed by atoms with Crippen LogP contribution in [0.25, 0.3) is 0 Å². The number of methoxy groups -OCH3 is 1. The number of rotatable bonds is 10. The fraction of sp³-hybridized carbons (Fsp3) is 0.500. The first-order valence-corrected chi connectivity index (χ1v) is 8.34. The van der Waals surface area contributed by atoms with Crippen molar-refractivity contribution >= 4 is 5.91 Å². The monoisotopic (exact) mass is 331 g/mol. The molecule has 1 aromatic heterocycles. The molecule has 24 heavy (non-hydrogen) atoms. The Morgan fingerprint density at radius 3 is 2.54 bits per heavy atom. The van der Waals surface area contributed by atoms with Gasteiger partial charge in [-0.25, -0.2) is 0 Å². The first-order chi connectivity index (χ1) is 11.7. The first kappa shape index (κ1) is 18.1. The van der Waals surface area contributed by atoms with E-state index in [9.17, 15) is 4.79 Å². The third-order valence-electron chi connectivity index (χ3n) is 3.77. The minimum absolute atomic E-state index is 0.0251. The Morgan fingerprint density at radius 2 is 1.88 bits per heavy atom. The topological polar surface area (TPSA) is 77.2 Å². The van der Waals surface area contributed by atoms with Gasteiger partial charge in [0.2, 0.25) is 17.7 Å². The van der Waals surface area contributed by atoms with Gasteiger partial charge in [0.25, 0.3) is 0 Å². The molecule has 0 spiro atoms. The van der Waals surface area contributed by atoms with Gasteiger partial charge in [-0.15, -0.1) is 10.2 Å². The molecule has 0 aliphatic carbocycles. The molecular weight excluding hydrogens is 306 g/mol. The Balaban J connectivity index is 1.74. The van der Waals surface area contributed by atoms with Crippen LogP contribution in [0.1, 0.15) is 37.1 Å². The molecule has 1 atom stereocenters. The minimum atomic E-state index is -0.0251. The highest BCUT2D eigenvalue weighted by Crippen LogP contribution is 2.08. The van der Waals surface area contributed by atoms with E-state index in [4.69, 9.17) is 9.15 Å². The quantitative estimate of drug-likeness (QED) is 0.723. The third-order valence-corrected chi connectivity index (χ3v) is 3.77. The third kappa shape index (κ3) is 6.12. The van der Waals surface area contributed by atoms with Crippen molar-refractivity contribution in [3.63, 3.8) is 0 Å². The molecule has 1 heterocycles. The van der Waals surface area contributed by atoms with E-state index < -0.39 is 0 Å². The number of nitrogens with one attached hydrogen (secondary N) is 1. The number of hydrogen-bond acceptors (Lipinski definition) is 5. The predicted octanol–water partition coefficient (Wildman–Crippen LogP) is 2.33. The van der Waals surface area contributed by atoms with Crippen molar-refractivity contribution in [2.24, 2.45) is 0 Å². The van der Waals surface area contributed by atoms with Crippen molar-refractivity contribution < 1.29 is 13.9 Å². The summed E-state index contributed by atoms with van der Waals surface area (Å²) in [5.74, 6) is 1.09. The zero-order chi connectivity index (χ0) is 17.2. The zero-order valence-electron chi connectivity index (χ0n) is 14.3. The fourth-order valence-corrected chi connectivity index (χ4v) is 2.37. The largest absolute Gasteiger partial charge is 0.425 e. The van der Waals surface area contributed by atoms with E-state index in [2.05, 4.69) is 27.6 Å². The van der Waals surface area contributed by atoms with Gasteiger partial charge in [0.05, 0.1) is 12.6 Å². The van der Waals surface area contributed by atoms with E-state index in [0.717, 1.165) is 12.8 Å². The Morgan fingerprint density at radius 1 is 1.17 bits per heavy atom. The Bertz CT molecular complexity index is 613. The number of benzene rings is 1. The van der Waals surface area contributed by atoms with Crippen LogP contribution in [0.5, 0.6) is 0 Å². The summed E-state index contributed by atoms with van der Waals surface area (Å²) in [5, 5.41) is 11.0. The van der Waals surface area contributed by atoms with E-state index >= 15 is 0 Å². The molecule has 130 valence electrons.